The second kappa shape index (κ2) is 7.03. The lowest BCUT2D eigenvalue weighted by Gasteiger charge is -2.29. The molecule has 2 aliphatic heterocycles. The van der Waals surface area contributed by atoms with Crippen molar-refractivity contribution in [3.8, 4) is 0 Å². The smallest absolute Gasteiger partial charge is 0.249 e. The molecule has 8 heteroatoms. The molecule has 1 aromatic rings. The van der Waals surface area contributed by atoms with Crippen LogP contribution in [0.5, 0.6) is 0 Å². The van der Waals surface area contributed by atoms with Crippen LogP contribution < -0.4 is 5.32 Å². The minimum absolute atomic E-state index is 0.0959. The van der Waals surface area contributed by atoms with E-state index < -0.39 is 17.7 Å². The third-order valence-corrected chi connectivity index (χ3v) is 4.88. The lowest BCUT2D eigenvalue weighted by atomic mass is 10.00. The Bertz CT molecular complexity index is 980. The van der Waals surface area contributed by atoms with Crippen molar-refractivity contribution in [1.82, 2.24) is 10.2 Å². The Kier molecular flexibility index (Phi) is 4.54. The van der Waals surface area contributed by atoms with Gasteiger partial charge in [0.1, 0.15) is 12.6 Å². The first-order valence-corrected chi connectivity index (χ1v) is 8.76. The van der Waals surface area contributed by atoms with E-state index in [1.807, 2.05) is 0 Å². The first-order chi connectivity index (χ1) is 13.4. The summed E-state index contributed by atoms with van der Waals surface area (Å²) in [5.41, 5.74) is 1.75. The summed E-state index contributed by atoms with van der Waals surface area (Å²) in [6.07, 6.45) is 5.42. The van der Waals surface area contributed by atoms with Crippen molar-refractivity contribution in [1.29, 1.82) is 0 Å². The summed E-state index contributed by atoms with van der Waals surface area (Å²) in [4.78, 5) is 37.5. The predicted molar refractivity (Wildman–Crippen MR) is 93.3 cm³/mol. The van der Waals surface area contributed by atoms with Crippen LogP contribution in [0.3, 0.4) is 0 Å². The Morgan fingerprint density at radius 2 is 1.96 bits per heavy atom. The van der Waals surface area contributed by atoms with Crippen LogP contribution in [0.2, 0.25) is 0 Å². The SMILES string of the molecule is O=C1CCC(N2C=C3C=CC(=O)C(OCc4ccc(F)c(F)c4)=C3C2)C(=O)N1. The highest BCUT2D eigenvalue weighted by atomic mass is 19.2. The van der Waals surface area contributed by atoms with E-state index in [4.69, 9.17) is 4.74 Å². The Morgan fingerprint density at radius 3 is 2.71 bits per heavy atom. The molecule has 3 aliphatic rings. The number of nitrogens with zero attached hydrogens (tertiary/aromatic N) is 1. The third-order valence-electron chi connectivity index (χ3n) is 4.88. The van der Waals surface area contributed by atoms with Gasteiger partial charge in [0.15, 0.2) is 17.4 Å². The fourth-order valence-electron chi connectivity index (χ4n) is 3.45. The van der Waals surface area contributed by atoms with Gasteiger partial charge < -0.3 is 9.64 Å². The van der Waals surface area contributed by atoms with Gasteiger partial charge in [0, 0.05) is 24.7 Å². The molecule has 0 radical (unpaired) electrons. The average molecular weight is 386 g/mol. The largest absolute Gasteiger partial charge is 0.484 e. The number of amides is 2. The molecule has 0 aromatic heterocycles. The van der Waals surface area contributed by atoms with Gasteiger partial charge in [-0.3, -0.25) is 19.7 Å². The second-order valence-electron chi connectivity index (χ2n) is 6.77. The highest BCUT2D eigenvalue weighted by Crippen LogP contribution is 2.32. The highest BCUT2D eigenvalue weighted by Gasteiger charge is 2.36. The maximum absolute atomic E-state index is 13.4. The number of hydrogen-bond donors (Lipinski definition) is 1. The Labute approximate surface area is 159 Å². The first-order valence-electron chi connectivity index (χ1n) is 8.76. The van der Waals surface area contributed by atoms with E-state index in [0.717, 1.165) is 17.7 Å². The molecule has 0 spiro atoms. The van der Waals surface area contributed by atoms with Crippen molar-refractivity contribution >= 4 is 17.6 Å². The number of piperidine rings is 1. The minimum Gasteiger partial charge on any atom is -0.484 e. The van der Waals surface area contributed by atoms with Gasteiger partial charge in [0.25, 0.3) is 0 Å². The number of rotatable bonds is 4. The molecule has 1 saturated heterocycles. The van der Waals surface area contributed by atoms with E-state index in [0.29, 0.717) is 17.6 Å². The lowest BCUT2D eigenvalue weighted by molar-refractivity contribution is -0.136. The fraction of sp³-hybridized carbons (Fsp3) is 0.250. The van der Waals surface area contributed by atoms with Gasteiger partial charge in [-0.15, -0.1) is 0 Å². The van der Waals surface area contributed by atoms with E-state index in [1.165, 1.54) is 12.1 Å². The zero-order valence-electron chi connectivity index (χ0n) is 14.7. The van der Waals surface area contributed by atoms with E-state index in [2.05, 4.69) is 5.32 Å². The quantitative estimate of drug-likeness (QED) is 0.800. The molecule has 1 fully saturated rings. The fourth-order valence-corrected chi connectivity index (χ4v) is 3.45. The van der Waals surface area contributed by atoms with Crippen LogP contribution >= 0.6 is 0 Å². The van der Waals surface area contributed by atoms with Gasteiger partial charge in [0.2, 0.25) is 17.6 Å². The second-order valence-corrected chi connectivity index (χ2v) is 6.77. The molecular formula is C20H16F2N2O4. The minimum atomic E-state index is -0.987. The van der Waals surface area contributed by atoms with Crippen LogP contribution in [0.4, 0.5) is 8.78 Å². The number of carbonyl (C=O) groups is 3. The van der Waals surface area contributed by atoms with Gasteiger partial charge in [-0.05, 0) is 41.8 Å². The van der Waals surface area contributed by atoms with Crippen LogP contribution in [0.15, 0.2) is 53.5 Å². The van der Waals surface area contributed by atoms with Crippen LogP contribution in [0, 0.1) is 11.6 Å². The zero-order valence-corrected chi connectivity index (χ0v) is 14.7. The molecule has 1 unspecified atom stereocenters. The van der Waals surface area contributed by atoms with Crippen molar-refractivity contribution in [2.75, 3.05) is 6.54 Å². The molecule has 0 saturated carbocycles. The van der Waals surface area contributed by atoms with E-state index in [1.54, 1.807) is 17.2 Å². The Balaban J connectivity index is 1.53. The number of hydrogen-bond acceptors (Lipinski definition) is 5. The van der Waals surface area contributed by atoms with Crippen molar-refractivity contribution in [3.63, 3.8) is 0 Å². The van der Waals surface area contributed by atoms with Crippen LogP contribution in [0.1, 0.15) is 18.4 Å². The Morgan fingerprint density at radius 1 is 1.14 bits per heavy atom. The van der Waals surface area contributed by atoms with Crippen molar-refractivity contribution in [3.05, 3.63) is 70.7 Å². The summed E-state index contributed by atoms with van der Waals surface area (Å²) < 4.78 is 32.0. The normalized spacial score (nSPS) is 21.6. The summed E-state index contributed by atoms with van der Waals surface area (Å²) >= 11 is 0. The maximum Gasteiger partial charge on any atom is 0.249 e. The summed E-state index contributed by atoms with van der Waals surface area (Å²) in [5.74, 6) is -2.82. The van der Waals surface area contributed by atoms with Gasteiger partial charge >= 0.3 is 0 Å². The summed E-state index contributed by atoms with van der Waals surface area (Å²) in [6, 6.07) is 2.90. The lowest BCUT2D eigenvalue weighted by Crippen LogP contribution is -2.50. The molecule has 4 rings (SSSR count). The number of allylic oxidation sites excluding steroid dienone is 2. The van der Waals surface area contributed by atoms with Crippen molar-refractivity contribution < 1.29 is 27.9 Å². The maximum atomic E-state index is 13.4. The highest BCUT2D eigenvalue weighted by molar-refractivity contribution is 6.06. The van der Waals surface area contributed by atoms with Crippen molar-refractivity contribution in [2.45, 2.75) is 25.5 Å². The summed E-state index contributed by atoms with van der Waals surface area (Å²) in [7, 11) is 0. The molecule has 2 heterocycles. The van der Waals surface area contributed by atoms with Crippen molar-refractivity contribution in [2.24, 2.45) is 0 Å². The number of halogens is 2. The standard InChI is InChI=1S/C20H16F2N2O4/c21-14-3-1-11(7-15(14)22)10-28-19-13-9-24(8-12(13)2-5-17(19)25)16-4-6-18(26)23-20(16)27/h1-3,5,7-8,16H,4,6,9-10H2,(H,23,26,27). The number of imide groups is 1. The molecule has 1 aromatic carbocycles. The first kappa shape index (κ1) is 18.1. The molecule has 2 amide bonds. The predicted octanol–water partition coefficient (Wildman–Crippen LogP) is 1.88. The van der Waals surface area contributed by atoms with E-state index in [-0.39, 0.29) is 42.9 Å². The number of ether oxygens (including phenoxy) is 1. The van der Waals surface area contributed by atoms with Crippen LogP contribution in [0.25, 0.3) is 0 Å². The van der Waals surface area contributed by atoms with Gasteiger partial charge in [-0.25, -0.2) is 8.78 Å². The number of fused-ring (bicyclic) bond motifs is 1. The van der Waals surface area contributed by atoms with Crippen LogP contribution in [-0.2, 0) is 25.7 Å². The molecule has 1 N–H and O–H groups in total. The van der Waals surface area contributed by atoms with Crippen LogP contribution in [-0.4, -0.2) is 35.1 Å². The zero-order chi connectivity index (χ0) is 19.8. The number of benzene rings is 1. The Hall–Kier alpha value is -3.29. The molecule has 1 aliphatic carbocycles. The number of carbonyl (C=O) groups excluding carboxylic acids is 3. The molecule has 144 valence electrons. The molecule has 28 heavy (non-hydrogen) atoms. The summed E-state index contributed by atoms with van der Waals surface area (Å²) in [6.45, 7) is 0.187. The monoisotopic (exact) mass is 386 g/mol. The molecule has 6 nitrogen and oxygen atoms in total. The van der Waals surface area contributed by atoms with E-state index in [9.17, 15) is 23.2 Å². The van der Waals surface area contributed by atoms with E-state index >= 15 is 0 Å². The number of nitrogens with one attached hydrogen (secondary N) is 1. The van der Waals surface area contributed by atoms with Gasteiger partial charge in [0.05, 0.1) is 0 Å². The van der Waals surface area contributed by atoms with Gasteiger partial charge in [-0.1, -0.05) is 6.07 Å². The van der Waals surface area contributed by atoms with Gasteiger partial charge in [-0.2, -0.15) is 0 Å². The molecular weight excluding hydrogens is 370 g/mol. The number of ketones is 1. The average Bonchev–Trinajstić information content (AvgIpc) is 3.07. The third kappa shape index (κ3) is 3.33. The molecule has 1 atom stereocenters. The topological polar surface area (TPSA) is 75.7 Å². The molecule has 0 bridgehead atoms. The summed E-state index contributed by atoms with van der Waals surface area (Å²) in [5, 5.41) is 2.32.